The highest BCUT2D eigenvalue weighted by atomic mass is 14.8. The van der Waals surface area contributed by atoms with Gasteiger partial charge in [0.2, 0.25) is 0 Å². The summed E-state index contributed by atoms with van der Waals surface area (Å²) in [5.74, 6) is 0. The number of H-pyrrole nitrogens is 2. The summed E-state index contributed by atoms with van der Waals surface area (Å²) in [6, 6.07) is 8.51. The van der Waals surface area contributed by atoms with Gasteiger partial charge in [0.15, 0.2) is 0 Å². The lowest BCUT2D eigenvalue weighted by atomic mass is 10.1. The molecule has 2 aromatic heterocycles. The smallest absolute Gasteiger partial charge is 0.0875 e. The zero-order valence-electron chi connectivity index (χ0n) is 18.3. The number of allylic oxidation sites excluding steroid dienone is 2. The number of nitrogens with zero attached hydrogens (tertiary/aromatic N) is 1. The van der Waals surface area contributed by atoms with Crippen molar-refractivity contribution in [3.05, 3.63) is 64.9 Å². The summed E-state index contributed by atoms with van der Waals surface area (Å²) in [4.78, 5) is 11.7. The molecule has 0 fully saturated rings. The van der Waals surface area contributed by atoms with Crippen LogP contribution in [0.3, 0.4) is 0 Å². The molecule has 0 bridgehead atoms. The van der Waals surface area contributed by atoms with Crippen LogP contribution in [0.2, 0.25) is 0 Å². The van der Waals surface area contributed by atoms with Crippen molar-refractivity contribution < 1.29 is 0 Å². The topological polar surface area (TPSA) is 43.9 Å². The average molecular weight is 392 g/mol. The third kappa shape index (κ3) is 6.62. The van der Waals surface area contributed by atoms with Crippen molar-refractivity contribution in [2.45, 2.75) is 84.5 Å². The Morgan fingerprint density at radius 2 is 1.66 bits per heavy atom. The van der Waals surface area contributed by atoms with Gasteiger partial charge in [-0.2, -0.15) is 0 Å². The van der Waals surface area contributed by atoms with Crippen molar-refractivity contribution in [1.29, 1.82) is 0 Å². The minimum absolute atomic E-state index is 0.992. The normalized spacial score (nSPS) is 15.2. The maximum Gasteiger partial charge on any atom is 0.0875 e. The highest BCUT2D eigenvalue weighted by Crippen LogP contribution is 2.26. The number of hydrogen-bond donors (Lipinski definition) is 2. The van der Waals surface area contributed by atoms with Crippen LogP contribution in [0.25, 0.3) is 6.08 Å². The third-order valence-corrected chi connectivity index (χ3v) is 5.75. The fourth-order valence-corrected chi connectivity index (χ4v) is 3.97. The van der Waals surface area contributed by atoms with Crippen molar-refractivity contribution in [1.82, 2.24) is 9.97 Å². The zero-order chi connectivity index (χ0) is 20.3. The average Bonchev–Trinajstić information content (AvgIpc) is 3.48. The van der Waals surface area contributed by atoms with Gasteiger partial charge in [0, 0.05) is 17.6 Å². The van der Waals surface area contributed by atoms with Gasteiger partial charge in [0.25, 0.3) is 0 Å². The highest BCUT2D eigenvalue weighted by molar-refractivity contribution is 6.11. The Bertz CT molecular complexity index is 818. The molecule has 0 unspecified atom stereocenters. The standard InChI is InChI=1S/C26H37N3/c1-3-5-6-7-8-9-10-11-12-14-22-16-17-23(28-22)20-25-21(4-2)19-26(29-25)24-15-13-18-27-24/h13,15-20,27-28H,3-12,14H2,1-2H3. The van der Waals surface area contributed by atoms with E-state index in [2.05, 4.69) is 54.2 Å². The molecule has 3 heteroatoms. The molecule has 0 spiro atoms. The molecule has 2 aromatic rings. The molecule has 3 nitrogen and oxygen atoms in total. The SMILES string of the molecule is CCCCCCCCCCCc1ccc(C=C2N=C(c3ccc[nH]3)C=C2CC)[nH]1. The summed E-state index contributed by atoms with van der Waals surface area (Å²) in [7, 11) is 0. The van der Waals surface area contributed by atoms with Gasteiger partial charge in [0.1, 0.15) is 0 Å². The molecule has 29 heavy (non-hydrogen) atoms. The summed E-state index contributed by atoms with van der Waals surface area (Å²) in [5.41, 5.74) is 6.98. The molecule has 0 atom stereocenters. The van der Waals surface area contributed by atoms with Crippen LogP contribution in [0.5, 0.6) is 0 Å². The molecule has 0 saturated heterocycles. The largest absolute Gasteiger partial charge is 0.360 e. The fourth-order valence-electron chi connectivity index (χ4n) is 3.97. The first-order valence-electron chi connectivity index (χ1n) is 11.6. The second kappa shape index (κ2) is 11.6. The maximum atomic E-state index is 4.84. The van der Waals surface area contributed by atoms with E-state index in [1.807, 2.05) is 12.3 Å². The molecular weight excluding hydrogens is 354 g/mol. The number of aromatic amines is 2. The first kappa shape index (κ1) is 21.4. The van der Waals surface area contributed by atoms with E-state index in [9.17, 15) is 0 Å². The van der Waals surface area contributed by atoms with Crippen molar-refractivity contribution in [2.24, 2.45) is 4.99 Å². The van der Waals surface area contributed by atoms with E-state index in [4.69, 9.17) is 4.99 Å². The van der Waals surface area contributed by atoms with Gasteiger partial charge in [-0.3, -0.25) is 0 Å². The molecule has 0 aromatic carbocycles. The molecule has 2 N–H and O–H groups in total. The number of aryl methyl sites for hydroxylation is 1. The van der Waals surface area contributed by atoms with Gasteiger partial charge in [0.05, 0.1) is 17.1 Å². The Hall–Kier alpha value is -2.29. The Labute approximate surface area is 176 Å². The number of unbranched alkanes of at least 4 members (excludes halogenated alkanes) is 8. The van der Waals surface area contributed by atoms with Gasteiger partial charge in [-0.25, -0.2) is 4.99 Å². The Balaban J connectivity index is 1.44. The predicted molar refractivity (Wildman–Crippen MR) is 125 cm³/mol. The Morgan fingerprint density at radius 1 is 0.897 bits per heavy atom. The number of aliphatic imine (C=N–C) groups is 1. The number of hydrogen-bond acceptors (Lipinski definition) is 1. The lowest BCUT2D eigenvalue weighted by Crippen LogP contribution is -1.92. The van der Waals surface area contributed by atoms with Gasteiger partial charge >= 0.3 is 0 Å². The van der Waals surface area contributed by atoms with Crippen molar-refractivity contribution in [3.63, 3.8) is 0 Å². The van der Waals surface area contributed by atoms with E-state index in [1.165, 1.54) is 69.1 Å². The molecule has 156 valence electrons. The Kier molecular flexibility index (Phi) is 8.60. The van der Waals surface area contributed by atoms with Crippen LogP contribution in [0, 0.1) is 0 Å². The summed E-state index contributed by atoms with van der Waals surface area (Å²) >= 11 is 0. The molecule has 3 rings (SSSR count). The van der Waals surface area contributed by atoms with Gasteiger partial charge in [-0.1, -0.05) is 65.2 Å². The highest BCUT2D eigenvalue weighted by Gasteiger charge is 2.15. The fraction of sp³-hybridized carbons (Fsp3) is 0.500. The lowest BCUT2D eigenvalue weighted by molar-refractivity contribution is 0.564. The van der Waals surface area contributed by atoms with E-state index in [1.54, 1.807) is 0 Å². The molecule has 0 radical (unpaired) electrons. The summed E-state index contributed by atoms with van der Waals surface area (Å²) < 4.78 is 0. The second-order valence-electron chi connectivity index (χ2n) is 8.15. The molecule has 3 heterocycles. The Morgan fingerprint density at radius 3 is 2.34 bits per heavy atom. The molecule has 1 aliphatic rings. The predicted octanol–water partition coefficient (Wildman–Crippen LogP) is 7.60. The van der Waals surface area contributed by atoms with Gasteiger partial charge in [-0.15, -0.1) is 0 Å². The monoisotopic (exact) mass is 391 g/mol. The van der Waals surface area contributed by atoms with Crippen LogP contribution in [0.1, 0.15) is 95.1 Å². The summed E-state index contributed by atoms with van der Waals surface area (Å²) in [6.07, 6.45) is 20.9. The van der Waals surface area contributed by atoms with Gasteiger partial charge in [-0.05, 0) is 61.3 Å². The molecule has 1 aliphatic heterocycles. The van der Waals surface area contributed by atoms with E-state index in [0.717, 1.165) is 35.6 Å². The van der Waals surface area contributed by atoms with Crippen LogP contribution in [0.4, 0.5) is 0 Å². The van der Waals surface area contributed by atoms with E-state index >= 15 is 0 Å². The first-order valence-corrected chi connectivity index (χ1v) is 11.6. The molecule has 0 saturated carbocycles. The maximum absolute atomic E-state index is 4.84. The van der Waals surface area contributed by atoms with Crippen LogP contribution < -0.4 is 0 Å². The molecule has 0 aliphatic carbocycles. The van der Waals surface area contributed by atoms with Crippen molar-refractivity contribution in [2.75, 3.05) is 0 Å². The summed E-state index contributed by atoms with van der Waals surface area (Å²) in [5, 5.41) is 0. The minimum atomic E-state index is 0.992. The number of aromatic nitrogens is 2. The van der Waals surface area contributed by atoms with Crippen LogP contribution in [-0.2, 0) is 6.42 Å². The van der Waals surface area contributed by atoms with Crippen LogP contribution in [-0.4, -0.2) is 15.7 Å². The van der Waals surface area contributed by atoms with Crippen molar-refractivity contribution in [3.8, 4) is 0 Å². The number of nitrogens with one attached hydrogen (secondary N) is 2. The van der Waals surface area contributed by atoms with Gasteiger partial charge < -0.3 is 9.97 Å². The lowest BCUT2D eigenvalue weighted by Gasteiger charge is -2.02. The molecular formula is C26H37N3. The second-order valence-corrected chi connectivity index (χ2v) is 8.15. The van der Waals surface area contributed by atoms with Crippen LogP contribution in [0.15, 0.2) is 52.8 Å². The first-order chi connectivity index (χ1) is 14.3. The third-order valence-electron chi connectivity index (χ3n) is 5.75. The molecule has 0 amide bonds. The van der Waals surface area contributed by atoms with Crippen LogP contribution >= 0.6 is 0 Å². The quantitative estimate of drug-likeness (QED) is 0.330. The van der Waals surface area contributed by atoms with E-state index in [-0.39, 0.29) is 0 Å². The van der Waals surface area contributed by atoms with E-state index in [0.29, 0.717) is 0 Å². The minimum Gasteiger partial charge on any atom is -0.360 e. The summed E-state index contributed by atoms with van der Waals surface area (Å²) in [6.45, 7) is 4.47. The van der Waals surface area contributed by atoms with E-state index < -0.39 is 0 Å². The number of rotatable bonds is 13. The van der Waals surface area contributed by atoms with Crippen molar-refractivity contribution >= 4 is 11.8 Å². The zero-order valence-corrected chi connectivity index (χ0v) is 18.3.